The van der Waals surface area contributed by atoms with Gasteiger partial charge in [0.25, 0.3) is 0 Å². The van der Waals surface area contributed by atoms with Crippen LogP contribution >= 0.6 is 0 Å². The van der Waals surface area contributed by atoms with Gasteiger partial charge >= 0.3 is 29.1 Å². The van der Waals surface area contributed by atoms with Crippen LogP contribution in [0.4, 0.5) is 0 Å². The zero-order valence-electron chi connectivity index (χ0n) is 32.8. The molecule has 2 N–H and O–H groups in total. The predicted octanol–water partition coefficient (Wildman–Crippen LogP) is 6.08. The molecule has 0 heterocycles. The molecule has 0 aliphatic heterocycles. The Kier molecular flexibility index (Phi) is 14.6. The molecule has 0 aliphatic carbocycles. The van der Waals surface area contributed by atoms with Crippen molar-refractivity contribution < 1.29 is 41.6 Å². The molecule has 294 valence electrons. The van der Waals surface area contributed by atoms with Gasteiger partial charge in [0.05, 0.1) is 24.8 Å². The molecule has 0 fully saturated rings. The van der Waals surface area contributed by atoms with Gasteiger partial charge in [0.15, 0.2) is 16.6 Å². The maximum absolute atomic E-state index is 13.1. The Hall–Kier alpha value is -4.45. The van der Waals surface area contributed by atoms with E-state index in [1.165, 1.54) is 25.3 Å². The SMILES string of the molecule is COC(=O)c1cc(O)cc(C(=O)OCCC[Si](C)(C)O[Si](O[Si](O[Si](C)(C)CCCO)(c2ccccc2)c2ccccc2)(c2ccccc2)c2ccccc2)c1. The van der Waals surface area contributed by atoms with E-state index in [1.807, 2.05) is 72.8 Å². The number of hydrogen-bond donors (Lipinski definition) is 2. The second-order valence-corrected chi connectivity index (χ2v) is 30.1. The highest BCUT2D eigenvalue weighted by atomic mass is 28.5. The summed E-state index contributed by atoms with van der Waals surface area (Å²) < 4.78 is 33.8. The van der Waals surface area contributed by atoms with Crippen molar-refractivity contribution in [2.45, 2.75) is 51.1 Å². The highest BCUT2D eigenvalue weighted by molar-refractivity contribution is 7.08. The van der Waals surface area contributed by atoms with E-state index in [0.717, 1.165) is 26.8 Å². The summed E-state index contributed by atoms with van der Waals surface area (Å²) in [4.78, 5) is 25.1. The minimum atomic E-state index is -3.68. The Balaban J connectivity index is 1.57. The average Bonchev–Trinajstić information content (AvgIpc) is 3.21. The molecule has 13 heteroatoms. The van der Waals surface area contributed by atoms with Crippen LogP contribution in [0.3, 0.4) is 0 Å². The first kappa shape index (κ1) is 42.7. The number of carbonyl (C=O) groups is 2. The second-order valence-electron chi connectivity index (χ2n) is 14.8. The van der Waals surface area contributed by atoms with E-state index in [2.05, 4.69) is 74.7 Å². The monoisotopic (exact) mass is 824 g/mol. The van der Waals surface area contributed by atoms with Gasteiger partial charge in [0.2, 0.25) is 0 Å². The topological polar surface area (TPSA) is 121 Å². The van der Waals surface area contributed by atoms with Crippen LogP contribution < -0.4 is 20.7 Å². The molecule has 5 aromatic rings. The largest absolute Gasteiger partial charge is 0.508 e. The molecule has 0 spiro atoms. The number of rotatable bonds is 19. The highest BCUT2D eigenvalue weighted by Crippen LogP contribution is 2.29. The first-order valence-electron chi connectivity index (χ1n) is 18.9. The summed E-state index contributed by atoms with van der Waals surface area (Å²) in [6, 6.07) is 46.1. The molecule has 9 nitrogen and oxygen atoms in total. The number of esters is 2. The minimum absolute atomic E-state index is 0.0542. The summed E-state index contributed by atoms with van der Waals surface area (Å²) in [7, 11) is -11.3. The lowest BCUT2D eigenvalue weighted by atomic mass is 10.1. The molecular formula is C43H52O9Si4. The molecule has 0 bridgehead atoms. The first-order chi connectivity index (χ1) is 26.8. The van der Waals surface area contributed by atoms with Gasteiger partial charge < -0.3 is 32.0 Å². The maximum atomic E-state index is 13.1. The van der Waals surface area contributed by atoms with E-state index >= 15 is 0 Å². The zero-order valence-corrected chi connectivity index (χ0v) is 36.8. The number of aromatic hydroxyl groups is 1. The van der Waals surface area contributed by atoms with Crippen LogP contribution in [0.1, 0.15) is 33.6 Å². The van der Waals surface area contributed by atoms with Gasteiger partial charge in [-0.2, -0.15) is 0 Å². The standard InChI is InChI=1S/C43H52O9Si4/c1-48-42(46)35-32-36(34-37(45)33-35)43(47)49-29-19-31-54(4,5)51-56(40-24-14-8-15-25-40,41-26-16-9-17-27-41)52-55(38-20-10-6-11-21-38,39-22-12-7-13-23-39)50-53(2,3)30-18-28-44/h6-17,20-27,32-34,44-45H,18-19,28-31H2,1-5H3. The number of carbonyl (C=O) groups excluding carboxylic acids is 2. The van der Waals surface area contributed by atoms with Crippen LogP contribution in [0.25, 0.3) is 0 Å². The van der Waals surface area contributed by atoms with E-state index < -0.39 is 45.7 Å². The molecule has 5 rings (SSSR count). The van der Waals surface area contributed by atoms with Crippen molar-refractivity contribution in [1.29, 1.82) is 0 Å². The Morgan fingerprint density at radius 2 is 0.911 bits per heavy atom. The van der Waals surface area contributed by atoms with Gasteiger partial charge in [0.1, 0.15) is 5.75 Å². The van der Waals surface area contributed by atoms with Crippen molar-refractivity contribution in [2.24, 2.45) is 0 Å². The van der Waals surface area contributed by atoms with Gasteiger partial charge in [-0.25, -0.2) is 9.59 Å². The molecule has 0 radical (unpaired) electrons. The molecule has 5 aromatic carbocycles. The first-order valence-corrected chi connectivity index (χ1v) is 28.7. The Bertz CT molecular complexity index is 1940. The zero-order chi connectivity index (χ0) is 40.2. The summed E-state index contributed by atoms with van der Waals surface area (Å²) in [6.07, 6.45) is 1.14. The number of phenols is 1. The summed E-state index contributed by atoms with van der Waals surface area (Å²) in [5.74, 6) is -1.56. The molecule has 0 amide bonds. The molecule has 0 atom stereocenters. The van der Waals surface area contributed by atoms with Crippen molar-refractivity contribution in [1.82, 2.24) is 0 Å². The molecule has 0 saturated heterocycles. The maximum Gasteiger partial charge on any atom is 0.388 e. The Morgan fingerprint density at radius 3 is 1.29 bits per heavy atom. The third-order valence-electron chi connectivity index (χ3n) is 9.41. The normalized spacial score (nSPS) is 12.2. The van der Waals surface area contributed by atoms with Crippen molar-refractivity contribution in [3.05, 3.63) is 151 Å². The van der Waals surface area contributed by atoms with E-state index in [1.54, 1.807) is 0 Å². The average molecular weight is 825 g/mol. The number of aliphatic hydroxyl groups is 1. The lowest BCUT2D eigenvalue weighted by Crippen LogP contribution is -2.78. The Morgan fingerprint density at radius 1 is 0.536 bits per heavy atom. The van der Waals surface area contributed by atoms with E-state index in [-0.39, 0.29) is 30.1 Å². The summed E-state index contributed by atoms with van der Waals surface area (Å²) in [5, 5.41) is 23.9. The van der Waals surface area contributed by atoms with Crippen molar-refractivity contribution >= 4 is 66.4 Å². The molecule has 0 saturated carbocycles. The number of benzene rings is 5. The summed E-state index contributed by atoms with van der Waals surface area (Å²) in [6.45, 7) is 8.91. The summed E-state index contributed by atoms with van der Waals surface area (Å²) in [5.41, 5.74) is 0.110. The van der Waals surface area contributed by atoms with Crippen molar-refractivity contribution in [2.75, 3.05) is 20.3 Å². The molecule has 56 heavy (non-hydrogen) atoms. The molecule has 0 aromatic heterocycles. The molecule has 0 aliphatic rings. The summed E-state index contributed by atoms with van der Waals surface area (Å²) >= 11 is 0. The van der Waals surface area contributed by atoms with Gasteiger partial charge in [-0.15, -0.1) is 0 Å². The van der Waals surface area contributed by atoms with Crippen molar-refractivity contribution in [3.8, 4) is 5.75 Å². The van der Waals surface area contributed by atoms with Gasteiger partial charge in [-0.1, -0.05) is 121 Å². The number of phenolic OH excluding ortho intramolecular Hbond substituents is 1. The minimum Gasteiger partial charge on any atom is -0.508 e. The lowest BCUT2D eigenvalue weighted by Gasteiger charge is -2.47. The fourth-order valence-corrected chi connectivity index (χ4v) is 25.5. The van der Waals surface area contributed by atoms with Crippen LogP contribution in [0.15, 0.2) is 140 Å². The van der Waals surface area contributed by atoms with Crippen LogP contribution in [-0.4, -0.2) is 76.2 Å². The number of ether oxygens (including phenoxy) is 2. The second kappa shape index (κ2) is 19.1. The van der Waals surface area contributed by atoms with E-state index in [0.29, 0.717) is 18.9 Å². The number of aliphatic hydroxyl groups excluding tert-OH is 1. The third-order valence-corrected chi connectivity index (χ3v) is 25.9. The molecular weight excluding hydrogens is 773 g/mol. The third kappa shape index (κ3) is 10.7. The quantitative estimate of drug-likeness (QED) is 0.0580. The number of methoxy groups -OCH3 is 1. The van der Waals surface area contributed by atoms with Gasteiger partial charge in [-0.05, 0) is 90.1 Å². The van der Waals surface area contributed by atoms with Crippen LogP contribution in [0, 0.1) is 0 Å². The smallest absolute Gasteiger partial charge is 0.388 e. The van der Waals surface area contributed by atoms with Crippen LogP contribution in [0.5, 0.6) is 5.75 Å². The number of hydrogen-bond acceptors (Lipinski definition) is 9. The Labute approximate surface area is 334 Å². The fourth-order valence-electron chi connectivity index (χ4n) is 6.77. The van der Waals surface area contributed by atoms with Crippen LogP contribution in [-0.2, 0) is 21.8 Å². The van der Waals surface area contributed by atoms with E-state index in [9.17, 15) is 19.8 Å². The van der Waals surface area contributed by atoms with E-state index in [4.69, 9.17) is 21.8 Å². The highest BCUT2D eigenvalue weighted by Gasteiger charge is 2.57. The van der Waals surface area contributed by atoms with Crippen LogP contribution in [0.2, 0.25) is 38.3 Å². The fraction of sp³-hybridized carbons (Fsp3) is 0.256. The van der Waals surface area contributed by atoms with Gasteiger partial charge in [0, 0.05) is 6.61 Å². The lowest BCUT2D eigenvalue weighted by molar-refractivity contribution is 0.0503. The van der Waals surface area contributed by atoms with Gasteiger partial charge in [-0.3, -0.25) is 0 Å². The molecule has 0 unspecified atom stereocenters. The van der Waals surface area contributed by atoms with Crippen molar-refractivity contribution in [3.63, 3.8) is 0 Å². The predicted molar refractivity (Wildman–Crippen MR) is 230 cm³/mol.